The molecule has 2 nitrogen and oxygen atoms in total. The zero-order valence-electron chi connectivity index (χ0n) is 7.91. The molecule has 14 heavy (non-hydrogen) atoms. The number of hydrogen-bond acceptors (Lipinski definition) is 3. The fourth-order valence-corrected chi connectivity index (χ4v) is 2.26. The molecule has 0 aliphatic heterocycles. The van der Waals surface area contributed by atoms with E-state index in [0.29, 0.717) is 11.0 Å². The summed E-state index contributed by atoms with van der Waals surface area (Å²) < 4.78 is 0. The Labute approximate surface area is 91.6 Å². The molecule has 0 saturated carbocycles. The fraction of sp³-hybridized carbons (Fsp3) is 0.200. The molecule has 2 heterocycles. The van der Waals surface area contributed by atoms with E-state index in [0.717, 1.165) is 10.6 Å². The molecule has 0 N–H and O–H groups in total. The van der Waals surface area contributed by atoms with Crippen LogP contribution in [-0.4, -0.2) is 9.97 Å². The van der Waals surface area contributed by atoms with Crippen LogP contribution in [0.4, 0.5) is 0 Å². The quantitative estimate of drug-likeness (QED) is 0.694. The third-order valence-corrected chi connectivity index (χ3v) is 3.01. The van der Waals surface area contributed by atoms with Crippen LogP contribution in [0.2, 0.25) is 5.15 Å². The van der Waals surface area contributed by atoms with Gasteiger partial charge in [-0.15, -0.1) is 11.3 Å². The Kier molecular flexibility index (Phi) is 2.52. The molecule has 0 radical (unpaired) electrons. The van der Waals surface area contributed by atoms with Crippen molar-refractivity contribution in [2.45, 2.75) is 13.8 Å². The van der Waals surface area contributed by atoms with Gasteiger partial charge in [0.15, 0.2) is 5.82 Å². The Morgan fingerprint density at radius 2 is 2.00 bits per heavy atom. The van der Waals surface area contributed by atoms with Crippen LogP contribution in [0.15, 0.2) is 17.5 Å². The lowest BCUT2D eigenvalue weighted by Gasteiger charge is -1.98. The minimum absolute atomic E-state index is 0.499. The SMILES string of the molecule is Cc1csc(-c2nc(C)cc(Cl)n2)c1. The second kappa shape index (κ2) is 3.67. The summed E-state index contributed by atoms with van der Waals surface area (Å²) in [5.41, 5.74) is 2.12. The van der Waals surface area contributed by atoms with Crippen molar-refractivity contribution in [1.29, 1.82) is 0 Å². The van der Waals surface area contributed by atoms with Crippen molar-refractivity contribution in [1.82, 2.24) is 9.97 Å². The van der Waals surface area contributed by atoms with Crippen LogP contribution >= 0.6 is 22.9 Å². The summed E-state index contributed by atoms with van der Waals surface area (Å²) in [6, 6.07) is 3.82. The van der Waals surface area contributed by atoms with Crippen LogP contribution in [0, 0.1) is 13.8 Å². The summed E-state index contributed by atoms with van der Waals surface area (Å²) >= 11 is 7.50. The van der Waals surface area contributed by atoms with Crippen molar-refractivity contribution >= 4 is 22.9 Å². The Bertz CT molecular complexity index is 445. The molecule has 0 bridgehead atoms. The number of halogens is 1. The van der Waals surface area contributed by atoms with E-state index in [1.807, 2.05) is 6.92 Å². The zero-order valence-corrected chi connectivity index (χ0v) is 9.49. The molecule has 2 aromatic rings. The summed E-state index contributed by atoms with van der Waals surface area (Å²) in [6.45, 7) is 3.97. The summed E-state index contributed by atoms with van der Waals surface area (Å²) in [7, 11) is 0. The smallest absolute Gasteiger partial charge is 0.171 e. The Balaban J connectivity index is 2.51. The molecule has 72 valence electrons. The van der Waals surface area contributed by atoms with E-state index < -0.39 is 0 Å². The molecular formula is C10H9ClN2S. The van der Waals surface area contributed by atoms with Crippen molar-refractivity contribution in [3.63, 3.8) is 0 Å². The van der Waals surface area contributed by atoms with Crippen LogP contribution in [0.25, 0.3) is 10.7 Å². The van der Waals surface area contributed by atoms with Gasteiger partial charge in [-0.3, -0.25) is 0 Å². The lowest BCUT2D eigenvalue weighted by Crippen LogP contribution is -1.89. The molecule has 2 aromatic heterocycles. The van der Waals surface area contributed by atoms with Gasteiger partial charge in [0.05, 0.1) is 4.88 Å². The van der Waals surface area contributed by atoms with E-state index in [9.17, 15) is 0 Å². The van der Waals surface area contributed by atoms with Crippen LogP contribution in [0.5, 0.6) is 0 Å². The van der Waals surface area contributed by atoms with Crippen molar-refractivity contribution in [2.75, 3.05) is 0 Å². The molecule has 2 rings (SSSR count). The van der Waals surface area contributed by atoms with E-state index in [-0.39, 0.29) is 0 Å². The standard InChI is InChI=1S/C10H9ClN2S/c1-6-3-8(14-5-6)10-12-7(2)4-9(11)13-10/h3-5H,1-2H3. The molecule has 0 spiro atoms. The summed E-state index contributed by atoms with van der Waals surface area (Å²) in [5, 5.41) is 2.58. The lowest BCUT2D eigenvalue weighted by molar-refractivity contribution is 1.12. The number of aryl methyl sites for hydroxylation is 2. The van der Waals surface area contributed by atoms with E-state index in [4.69, 9.17) is 11.6 Å². The van der Waals surface area contributed by atoms with Crippen molar-refractivity contribution in [2.24, 2.45) is 0 Å². The van der Waals surface area contributed by atoms with E-state index in [1.165, 1.54) is 5.56 Å². The zero-order chi connectivity index (χ0) is 10.1. The van der Waals surface area contributed by atoms with E-state index >= 15 is 0 Å². The molecule has 0 unspecified atom stereocenters. The first-order chi connectivity index (χ1) is 6.65. The molecule has 0 saturated heterocycles. The fourth-order valence-electron chi connectivity index (χ4n) is 1.19. The minimum Gasteiger partial charge on any atom is -0.233 e. The second-order valence-electron chi connectivity index (χ2n) is 3.14. The first-order valence-electron chi connectivity index (χ1n) is 4.22. The van der Waals surface area contributed by atoms with Crippen LogP contribution in [-0.2, 0) is 0 Å². The monoisotopic (exact) mass is 224 g/mol. The Hall–Kier alpha value is -0.930. The lowest BCUT2D eigenvalue weighted by atomic mass is 10.3. The van der Waals surface area contributed by atoms with Gasteiger partial charge in [-0.1, -0.05) is 11.6 Å². The van der Waals surface area contributed by atoms with Gasteiger partial charge in [0.1, 0.15) is 5.15 Å². The van der Waals surface area contributed by atoms with Gasteiger partial charge in [-0.2, -0.15) is 0 Å². The molecule has 0 atom stereocenters. The summed E-state index contributed by atoms with van der Waals surface area (Å²) in [4.78, 5) is 9.58. The van der Waals surface area contributed by atoms with Gasteiger partial charge in [0, 0.05) is 5.69 Å². The third-order valence-electron chi connectivity index (χ3n) is 1.77. The third kappa shape index (κ3) is 1.94. The van der Waals surface area contributed by atoms with Crippen molar-refractivity contribution < 1.29 is 0 Å². The van der Waals surface area contributed by atoms with E-state index in [2.05, 4.69) is 28.3 Å². The van der Waals surface area contributed by atoms with Gasteiger partial charge in [-0.05, 0) is 36.9 Å². The number of nitrogens with zero attached hydrogens (tertiary/aromatic N) is 2. The Morgan fingerprint density at radius 3 is 2.57 bits per heavy atom. The van der Waals surface area contributed by atoms with Gasteiger partial charge >= 0.3 is 0 Å². The first-order valence-corrected chi connectivity index (χ1v) is 5.47. The first kappa shape index (κ1) is 9.62. The maximum atomic E-state index is 5.86. The molecular weight excluding hydrogens is 216 g/mol. The minimum atomic E-state index is 0.499. The molecule has 4 heteroatoms. The predicted molar refractivity (Wildman–Crippen MR) is 59.8 cm³/mol. The van der Waals surface area contributed by atoms with Gasteiger partial charge < -0.3 is 0 Å². The van der Waals surface area contributed by atoms with Crippen molar-refractivity contribution in [3.8, 4) is 10.7 Å². The molecule has 0 aliphatic carbocycles. The highest BCUT2D eigenvalue weighted by Crippen LogP contribution is 2.24. The molecule has 0 amide bonds. The van der Waals surface area contributed by atoms with Crippen LogP contribution in [0.3, 0.4) is 0 Å². The Morgan fingerprint density at radius 1 is 1.21 bits per heavy atom. The summed E-state index contributed by atoms with van der Waals surface area (Å²) in [5.74, 6) is 0.716. The maximum Gasteiger partial charge on any atom is 0.171 e. The molecule has 0 aliphatic rings. The average Bonchev–Trinajstić information content (AvgIpc) is 2.50. The van der Waals surface area contributed by atoms with Gasteiger partial charge in [-0.25, -0.2) is 9.97 Å². The largest absolute Gasteiger partial charge is 0.233 e. The van der Waals surface area contributed by atoms with Crippen LogP contribution in [0.1, 0.15) is 11.3 Å². The number of hydrogen-bond donors (Lipinski definition) is 0. The predicted octanol–water partition coefficient (Wildman–Crippen LogP) is 3.48. The number of thiophene rings is 1. The molecule has 0 aromatic carbocycles. The number of rotatable bonds is 1. The van der Waals surface area contributed by atoms with Gasteiger partial charge in [0.25, 0.3) is 0 Å². The van der Waals surface area contributed by atoms with Crippen molar-refractivity contribution in [3.05, 3.63) is 33.9 Å². The maximum absolute atomic E-state index is 5.86. The average molecular weight is 225 g/mol. The normalized spacial score (nSPS) is 10.5. The highest BCUT2D eigenvalue weighted by Gasteiger charge is 2.05. The second-order valence-corrected chi connectivity index (χ2v) is 4.44. The number of aromatic nitrogens is 2. The highest BCUT2D eigenvalue weighted by molar-refractivity contribution is 7.13. The summed E-state index contributed by atoms with van der Waals surface area (Å²) in [6.07, 6.45) is 0. The van der Waals surface area contributed by atoms with Gasteiger partial charge in [0.2, 0.25) is 0 Å². The van der Waals surface area contributed by atoms with Crippen LogP contribution < -0.4 is 0 Å². The molecule has 0 fully saturated rings. The highest BCUT2D eigenvalue weighted by atomic mass is 35.5. The van der Waals surface area contributed by atoms with E-state index in [1.54, 1.807) is 17.4 Å². The topological polar surface area (TPSA) is 25.8 Å².